The van der Waals surface area contributed by atoms with Crippen molar-refractivity contribution in [3.05, 3.63) is 36.1 Å². The van der Waals surface area contributed by atoms with Crippen molar-refractivity contribution >= 4 is 17.9 Å². The average molecular weight is 258 g/mol. The number of H-pyrrole nitrogens is 1. The Balaban J connectivity index is 1.59. The molecule has 1 aliphatic carbocycles. The van der Waals surface area contributed by atoms with E-state index in [4.69, 9.17) is 4.42 Å². The summed E-state index contributed by atoms with van der Waals surface area (Å²) in [7, 11) is 0. The van der Waals surface area contributed by atoms with Gasteiger partial charge in [0.25, 0.3) is 5.91 Å². The van der Waals surface area contributed by atoms with Crippen LogP contribution >= 0.6 is 0 Å². The molecule has 1 saturated carbocycles. The highest BCUT2D eigenvalue weighted by Crippen LogP contribution is 2.47. The van der Waals surface area contributed by atoms with Gasteiger partial charge >= 0.3 is 0 Å². The van der Waals surface area contributed by atoms with E-state index in [1.54, 1.807) is 6.08 Å². The predicted molar refractivity (Wildman–Crippen MR) is 69.3 cm³/mol. The molecule has 0 bridgehead atoms. The minimum atomic E-state index is -0.283. The first-order valence-electron chi connectivity index (χ1n) is 6.16. The van der Waals surface area contributed by atoms with E-state index in [1.165, 1.54) is 18.8 Å². The molecular weight excluding hydrogens is 244 g/mol. The van der Waals surface area contributed by atoms with Gasteiger partial charge in [-0.1, -0.05) is 6.92 Å². The number of rotatable bonds is 4. The molecule has 0 spiro atoms. The molecule has 2 N–H and O–H groups in total. The summed E-state index contributed by atoms with van der Waals surface area (Å²) in [5, 5.41) is 8.73. The van der Waals surface area contributed by atoms with Gasteiger partial charge in [-0.2, -0.15) is 10.1 Å². The molecule has 2 aromatic heterocycles. The standard InChI is InChI=1S/C13H14N4O2/c1-8-6-10(8)11-4-2-9(19-11)3-5-12(18)16-13-14-7-15-17-13/h2-5,7-8,10H,6H2,1H3,(H2,14,15,16,17,18)/b5-3+. The van der Waals surface area contributed by atoms with E-state index >= 15 is 0 Å². The molecular formula is C13H14N4O2. The van der Waals surface area contributed by atoms with Crippen LogP contribution in [0.3, 0.4) is 0 Å². The maximum atomic E-state index is 11.6. The lowest BCUT2D eigenvalue weighted by molar-refractivity contribution is -0.111. The minimum absolute atomic E-state index is 0.283. The maximum Gasteiger partial charge on any atom is 0.250 e. The number of aromatic nitrogens is 3. The Hall–Kier alpha value is -2.37. The molecule has 0 radical (unpaired) electrons. The van der Waals surface area contributed by atoms with Gasteiger partial charge in [-0.15, -0.1) is 0 Å². The van der Waals surface area contributed by atoms with E-state index in [1.807, 2.05) is 12.1 Å². The Morgan fingerprint density at radius 1 is 1.58 bits per heavy atom. The van der Waals surface area contributed by atoms with Crippen molar-refractivity contribution in [2.75, 3.05) is 5.32 Å². The van der Waals surface area contributed by atoms with Crippen molar-refractivity contribution in [1.82, 2.24) is 15.2 Å². The predicted octanol–water partition coefficient (Wildman–Crippen LogP) is 2.17. The highest BCUT2D eigenvalue weighted by molar-refractivity contribution is 6.00. The molecule has 6 heteroatoms. The first kappa shape index (κ1) is 11.7. The van der Waals surface area contributed by atoms with Crippen molar-refractivity contribution in [1.29, 1.82) is 0 Å². The second kappa shape index (κ2) is 4.72. The lowest BCUT2D eigenvalue weighted by Crippen LogP contribution is -2.08. The molecule has 1 aliphatic rings. The zero-order chi connectivity index (χ0) is 13.2. The van der Waals surface area contributed by atoms with Gasteiger partial charge in [0.15, 0.2) is 0 Å². The largest absolute Gasteiger partial charge is 0.461 e. The van der Waals surface area contributed by atoms with Gasteiger partial charge < -0.3 is 4.42 Å². The first-order valence-corrected chi connectivity index (χ1v) is 6.16. The molecule has 3 rings (SSSR count). The third kappa shape index (κ3) is 2.73. The Bertz CT molecular complexity index is 600. The summed E-state index contributed by atoms with van der Waals surface area (Å²) in [5.74, 6) is 2.98. The SMILES string of the molecule is CC1CC1c1ccc(/C=C/C(=O)Nc2ncn[nH]2)o1. The monoisotopic (exact) mass is 258 g/mol. The number of carbonyl (C=O) groups excluding carboxylic acids is 1. The summed E-state index contributed by atoms with van der Waals surface area (Å²) in [6.07, 6.45) is 5.56. The lowest BCUT2D eigenvalue weighted by atomic mass is 10.3. The zero-order valence-electron chi connectivity index (χ0n) is 10.5. The van der Waals surface area contributed by atoms with E-state index in [9.17, 15) is 4.79 Å². The van der Waals surface area contributed by atoms with E-state index in [0.29, 0.717) is 23.5 Å². The van der Waals surface area contributed by atoms with Crippen molar-refractivity contribution in [2.24, 2.45) is 5.92 Å². The second-order valence-corrected chi connectivity index (χ2v) is 4.72. The Morgan fingerprint density at radius 2 is 2.42 bits per heavy atom. The fourth-order valence-electron chi connectivity index (χ4n) is 1.96. The van der Waals surface area contributed by atoms with Gasteiger partial charge in [-0.3, -0.25) is 10.1 Å². The number of anilines is 1. The van der Waals surface area contributed by atoms with Crippen LogP contribution in [0.2, 0.25) is 0 Å². The van der Waals surface area contributed by atoms with Crippen LogP contribution in [0.4, 0.5) is 5.95 Å². The van der Waals surface area contributed by atoms with Crippen molar-refractivity contribution < 1.29 is 9.21 Å². The van der Waals surface area contributed by atoms with E-state index in [0.717, 1.165) is 5.76 Å². The molecule has 0 aliphatic heterocycles. The molecule has 98 valence electrons. The molecule has 0 saturated heterocycles. The summed E-state index contributed by atoms with van der Waals surface area (Å²) in [6.45, 7) is 2.20. The normalized spacial score (nSPS) is 21.7. The third-order valence-corrected chi connectivity index (χ3v) is 3.18. The van der Waals surface area contributed by atoms with Crippen LogP contribution < -0.4 is 5.32 Å². The first-order chi connectivity index (χ1) is 9.22. The highest BCUT2D eigenvalue weighted by atomic mass is 16.3. The zero-order valence-corrected chi connectivity index (χ0v) is 10.5. The fraction of sp³-hybridized carbons (Fsp3) is 0.308. The van der Waals surface area contributed by atoms with Crippen LogP contribution in [-0.4, -0.2) is 21.1 Å². The van der Waals surface area contributed by atoms with Gasteiger partial charge in [0.2, 0.25) is 5.95 Å². The maximum absolute atomic E-state index is 11.6. The number of furan rings is 1. The van der Waals surface area contributed by atoms with E-state index in [2.05, 4.69) is 27.4 Å². The quantitative estimate of drug-likeness (QED) is 0.823. The summed E-state index contributed by atoms with van der Waals surface area (Å²) in [4.78, 5) is 15.4. The van der Waals surface area contributed by atoms with E-state index in [-0.39, 0.29) is 5.91 Å². The molecule has 6 nitrogen and oxygen atoms in total. The molecule has 1 fully saturated rings. The number of carbonyl (C=O) groups is 1. The average Bonchev–Trinajstić information content (AvgIpc) is 2.87. The number of aromatic amines is 1. The molecule has 2 aromatic rings. The Kier molecular flexibility index (Phi) is 2.91. The van der Waals surface area contributed by atoms with Gasteiger partial charge in [0, 0.05) is 12.0 Å². The van der Waals surface area contributed by atoms with Crippen LogP contribution in [-0.2, 0) is 4.79 Å². The molecule has 1 amide bonds. The van der Waals surface area contributed by atoms with Crippen LogP contribution in [0.25, 0.3) is 6.08 Å². The number of hydrogen-bond donors (Lipinski definition) is 2. The third-order valence-electron chi connectivity index (χ3n) is 3.18. The topological polar surface area (TPSA) is 83.8 Å². The number of nitrogens with zero attached hydrogens (tertiary/aromatic N) is 2. The van der Waals surface area contributed by atoms with Crippen molar-refractivity contribution in [3.8, 4) is 0 Å². The van der Waals surface area contributed by atoms with Gasteiger partial charge in [0.05, 0.1) is 0 Å². The Labute approximate surface area is 109 Å². The van der Waals surface area contributed by atoms with Crippen molar-refractivity contribution in [3.63, 3.8) is 0 Å². The highest BCUT2D eigenvalue weighted by Gasteiger charge is 2.36. The fourth-order valence-corrected chi connectivity index (χ4v) is 1.96. The van der Waals surface area contributed by atoms with Crippen LogP contribution in [0.1, 0.15) is 30.8 Å². The van der Waals surface area contributed by atoms with Gasteiger partial charge in [0.1, 0.15) is 17.8 Å². The van der Waals surface area contributed by atoms with E-state index < -0.39 is 0 Å². The van der Waals surface area contributed by atoms with Crippen LogP contribution in [0.15, 0.2) is 29.0 Å². The summed E-state index contributed by atoms with van der Waals surface area (Å²) < 4.78 is 5.66. The van der Waals surface area contributed by atoms with Crippen LogP contribution in [0.5, 0.6) is 0 Å². The summed E-state index contributed by atoms with van der Waals surface area (Å²) >= 11 is 0. The van der Waals surface area contributed by atoms with Gasteiger partial charge in [-0.25, -0.2) is 5.10 Å². The molecule has 2 heterocycles. The number of amides is 1. The Morgan fingerprint density at radius 3 is 3.11 bits per heavy atom. The smallest absolute Gasteiger partial charge is 0.250 e. The molecule has 2 unspecified atom stereocenters. The van der Waals surface area contributed by atoms with Gasteiger partial charge in [-0.05, 0) is 30.5 Å². The molecule has 19 heavy (non-hydrogen) atoms. The second-order valence-electron chi connectivity index (χ2n) is 4.72. The number of nitrogens with one attached hydrogen (secondary N) is 2. The van der Waals surface area contributed by atoms with Crippen LogP contribution in [0, 0.1) is 5.92 Å². The van der Waals surface area contributed by atoms with Crippen molar-refractivity contribution in [2.45, 2.75) is 19.3 Å². The summed E-state index contributed by atoms with van der Waals surface area (Å²) in [5.41, 5.74) is 0. The molecule has 2 atom stereocenters. The minimum Gasteiger partial charge on any atom is -0.461 e. The lowest BCUT2D eigenvalue weighted by Gasteiger charge is -1.94. The molecule has 0 aromatic carbocycles. The summed E-state index contributed by atoms with van der Waals surface area (Å²) in [6, 6.07) is 3.85. The number of hydrogen-bond acceptors (Lipinski definition) is 4.